The SMILES string of the molecule is Cc1ccsc1Cc1cc(C(C)(C)C)cc(Cc2cc(C(C)(C)C)cc(Cc3cc(C(C)(C)C)cc(Cc4cc(C(C)(C)C)cc(CO)c4O)c3O)c2O)c1O. The molecule has 0 aliphatic heterocycles. The van der Waals surface area contributed by atoms with Crippen LogP contribution in [0, 0.1) is 6.92 Å². The topological polar surface area (TPSA) is 101 Å². The van der Waals surface area contributed by atoms with Gasteiger partial charge in [0.2, 0.25) is 0 Å². The Morgan fingerprint density at radius 2 is 0.661 bits per heavy atom. The zero-order valence-corrected chi connectivity index (χ0v) is 36.8. The Morgan fingerprint density at radius 1 is 0.411 bits per heavy atom. The van der Waals surface area contributed by atoms with Crippen molar-refractivity contribution in [2.75, 3.05) is 0 Å². The van der Waals surface area contributed by atoms with E-state index < -0.39 is 0 Å². The van der Waals surface area contributed by atoms with Gasteiger partial charge in [0.15, 0.2) is 0 Å². The maximum Gasteiger partial charge on any atom is 0.124 e. The van der Waals surface area contributed by atoms with Crippen LogP contribution in [0.15, 0.2) is 60.0 Å². The predicted molar refractivity (Wildman–Crippen MR) is 233 cm³/mol. The van der Waals surface area contributed by atoms with Crippen molar-refractivity contribution in [3.63, 3.8) is 0 Å². The fourth-order valence-electron chi connectivity index (χ4n) is 7.21. The Balaban J connectivity index is 1.64. The molecule has 0 fully saturated rings. The predicted octanol–water partition coefficient (Wildman–Crippen LogP) is 11.9. The number of rotatable bonds is 9. The van der Waals surface area contributed by atoms with Crippen molar-refractivity contribution in [2.24, 2.45) is 0 Å². The highest BCUT2D eigenvalue weighted by Crippen LogP contribution is 2.42. The lowest BCUT2D eigenvalue weighted by Gasteiger charge is -2.26. The molecular weight excluding hydrogens is 713 g/mol. The quantitative estimate of drug-likeness (QED) is 0.103. The van der Waals surface area contributed by atoms with Gasteiger partial charge in [-0.1, -0.05) is 126 Å². The summed E-state index contributed by atoms with van der Waals surface area (Å²) in [6.07, 6.45) is 1.52. The number of hydrogen-bond acceptors (Lipinski definition) is 6. The van der Waals surface area contributed by atoms with E-state index in [9.17, 15) is 25.5 Å². The van der Waals surface area contributed by atoms with Crippen molar-refractivity contribution in [1.82, 2.24) is 0 Å². The summed E-state index contributed by atoms with van der Waals surface area (Å²) < 4.78 is 0. The van der Waals surface area contributed by atoms with Gasteiger partial charge in [0, 0.05) is 36.1 Å². The van der Waals surface area contributed by atoms with E-state index in [0.717, 1.165) is 38.9 Å². The fourth-order valence-corrected chi connectivity index (χ4v) is 8.14. The molecule has 5 rings (SSSR count). The zero-order chi connectivity index (χ0) is 41.7. The van der Waals surface area contributed by atoms with Crippen molar-refractivity contribution < 1.29 is 25.5 Å². The first-order valence-electron chi connectivity index (χ1n) is 19.8. The lowest BCUT2D eigenvalue weighted by Crippen LogP contribution is -2.15. The van der Waals surface area contributed by atoms with Gasteiger partial charge in [-0.3, -0.25) is 0 Å². The number of aliphatic hydroxyl groups is 1. The molecule has 0 aliphatic rings. The third-order valence-electron chi connectivity index (χ3n) is 11.2. The van der Waals surface area contributed by atoms with Gasteiger partial charge in [-0.2, -0.15) is 0 Å². The van der Waals surface area contributed by atoms with Gasteiger partial charge >= 0.3 is 0 Å². The van der Waals surface area contributed by atoms with Crippen molar-refractivity contribution in [3.8, 4) is 23.0 Å². The molecule has 0 spiro atoms. The lowest BCUT2D eigenvalue weighted by atomic mass is 9.80. The molecule has 1 heterocycles. The first kappa shape index (κ1) is 42.9. The van der Waals surface area contributed by atoms with Gasteiger partial charge in [0.1, 0.15) is 23.0 Å². The second kappa shape index (κ2) is 15.6. The molecule has 0 radical (unpaired) electrons. The van der Waals surface area contributed by atoms with Crippen LogP contribution in [-0.2, 0) is 54.0 Å². The Labute approximate surface area is 339 Å². The molecule has 0 saturated heterocycles. The first-order valence-corrected chi connectivity index (χ1v) is 20.7. The van der Waals surface area contributed by atoms with Crippen LogP contribution in [0.4, 0.5) is 0 Å². The van der Waals surface area contributed by atoms with E-state index in [1.54, 1.807) is 11.3 Å². The molecule has 6 heteroatoms. The summed E-state index contributed by atoms with van der Waals surface area (Å²) in [7, 11) is 0. The van der Waals surface area contributed by atoms with E-state index in [4.69, 9.17) is 0 Å². The molecule has 0 aliphatic carbocycles. The van der Waals surface area contributed by atoms with E-state index >= 15 is 0 Å². The molecule has 0 unspecified atom stereocenters. The smallest absolute Gasteiger partial charge is 0.124 e. The average molecular weight is 777 g/mol. The molecule has 5 N–H and O–H groups in total. The van der Waals surface area contributed by atoms with Crippen LogP contribution < -0.4 is 0 Å². The molecule has 5 nitrogen and oxygen atoms in total. The summed E-state index contributed by atoms with van der Waals surface area (Å²) in [4.78, 5) is 1.22. The van der Waals surface area contributed by atoms with Crippen LogP contribution in [-0.4, -0.2) is 25.5 Å². The van der Waals surface area contributed by atoms with E-state index in [0.29, 0.717) is 40.7 Å². The summed E-state index contributed by atoms with van der Waals surface area (Å²) in [5.74, 6) is 0.571. The summed E-state index contributed by atoms with van der Waals surface area (Å²) in [5, 5.41) is 59.4. The second-order valence-corrected chi connectivity index (χ2v) is 21.0. The third kappa shape index (κ3) is 9.46. The normalized spacial score (nSPS) is 12.8. The molecule has 0 amide bonds. The number of aliphatic hydroxyl groups excluding tert-OH is 1. The van der Waals surface area contributed by atoms with Crippen LogP contribution >= 0.6 is 11.3 Å². The largest absolute Gasteiger partial charge is 0.507 e. The highest BCUT2D eigenvalue weighted by Gasteiger charge is 2.26. The number of thiophene rings is 1. The molecule has 0 atom stereocenters. The number of benzene rings is 4. The molecule has 0 bridgehead atoms. The van der Waals surface area contributed by atoms with Crippen molar-refractivity contribution in [3.05, 3.63) is 137 Å². The summed E-state index contributed by atoms with van der Waals surface area (Å²) >= 11 is 1.70. The lowest BCUT2D eigenvalue weighted by molar-refractivity contribution is 0.275. The van der Waals surface area contributed by atoms with E-state index in [-0.39, 0.29) is 64.1 Å². The van der Waals surface area contributed by atoms with Crippen LogP contribution in [0.5, 0.6) is 23.0 Å². The van der Waals surface area contributed by atoms with E-state index in [1.165, 1.54) is 10.4 Å². The van der Waals surface area contributed by atoms with Gasteiger partial charge in [-0.25, -0.2) is 0 Å². The standard InChI is InChI=1S/C50H64O5S/c1-29-14-15-56-42(29)27-36-25-40(49(8,9)10)23-34(45(36)54)17-32-21-38(47(2,3)4)19-30(43(32)52)16-31-20-39(48(5,6)7)22-33(44(31)53)18-35-24-41(50(11,12)13)26-37(28-51)46(35)55/h14-15,19-26,51-55H,16-18,27-28H2,1-13H3. The minimum atomic E-state index is -0.290. The number of aromatic hydroxyl groups is 4. The Hall–Kier alpha value is -4.26. The van der Waals surface area contributed by atoms with Gasteiger partial charge in [-0.15, -0.1) is 11.3 Å². The van der Waals surface area contributed by atoms with Crippen LogP contribution in [0.1, 0.15) is 160 Å². The summed E-state index contributed by atoms with van der Waals surface area (Å²) in [6, 6.07) is 18.3. The molecule has 300 valence electrons. The Morgan fingerprint density at radius 3 is 0.893 bits per heavy atom. The maximum atomic E-state index is 12.1. The highest BCUT2D eigenvalue weighted by atomic mass is 32.1. The number of phenols is 4. The maximum absolute atomic E-state index is 12.1. The minimum absolute atomic E-state index is 0.0373. The van der Waals surface area contributed by atoms with Gasteiger partial charge < -0.3 is 25.5 Å². The van der Waals surface area contributed by atoms with Crippen LogP contribution in [0.3, 0.4) is 0 Å². The fraction of sp³-hybridized carbons (Fsp3) is 0.440. The van der Waals surface area contributed by atoms with Crippen LogP contribution in [0.2, 0.25) is 0 Å². The molecule has 0 saturated carbocycles. The van der Waals surface area contributed by atoms with E-state index in [2.05, 4.69) is 120 Å². The monoisotopic (exact) mass is 776 g/mol. The van der Waals surface area contributed by atoms with Crippen LogP contribution in [0.25, 0.3) is 0 Å². The van der Waals surface area contributed by atoms with Crippen molar-refractivity contribution in [1.29, 1.82) is 0 Å². The Kier molecular flexibility index (Phi) is 11.9. The van der Waals surface area contributed by atoms with Gasteiger partial charge in [0.25, 0.3) is 0 Å². The summed E-state index contributed by atoms with van der Waals surface area (Å²) in [6.45, 7) is 27.5. The zero-order valence-electron chi connectivity index (χ0n) is 36.0. The number of aryl methyl sites for hydroxylation is 1. The molecular formula is C50H64O5S. The van der Waals surface area contributed by atoms with Gasteiger partial charge in [-0.05, 0) is 113 Å². The minimum Gasteiger partial charge on any atom is -0.507 e. The molecule has 4 aromatic carbocycles. The first-order chi connectivity index (χ1) is 25.8. The number of phenolic OH excluding ortho intramolecular Hbond substituents is 3. The van der Waals surface area contributed by atoms with Gasteiger partial charge in [0.05, 0.1) is 6.61 Å². The third-order valence-corrected chi connectivity index (χ3v) is 12.2. The van der Waals surface area contributed by atoms with E-state index in [1.807, 2.05) is 30.3 Å². The molecule has 1 aromatic heterocycles. The number of hydrogen-bond donors (Lipinski definition) is 5. The van der Waals surface area contributed by atoms with Crippen molar-refractivity contribution in [2.45, 2.75) is 144 Å². The average Bonchev–Trinajstić information content (AvgIpc) is 3.48. The molecule has 56 heavy (non-hydrogen) atoms. The summed E-state index contributed by atoms with van der Waals surface area (Å²) in [5.41, 5.74) is 10.1. The van der Waals surface area contributed by atoms with Crippen molar-refractivity contribution >= 4 is 11.3 Å². The second-order valence-electron chi connectivity index (χ2n) is 20.0. The highest BCUT2D eigenvalue weighted by molar-refractivity contribution is 7.10. The molecule has 5 aromatic rings. The Bertz CT molecular complexity index is 2230.